The van der Waals surface area contributed by atoms with E-state index in [2.05, 4.69) is 24.3 Å². The number of fused-ring (bicyclic) bond motifs is 1. The summed E-state index contributed by atoms with van der Waals surface area (Å²) in [5, 5.41) is 13.5. The van der Waals surface area contributed by atoms with Crippen LogP contribution in [0.4, 0.5) is 0 Å². The molecule has 1 N–H and O–H groups in total. The number of hydrogen-bond donors (Lipinski definition) is 1. The van der Waals surface area contributed by atoms with Gasteiger partial charge in [0, 0.05) is 5.02 Å². The average molecular weight is 297 g/mol. The summed E-state index contributed by atoms with van der Waals surface area (Å²) in [5.41, 5.74) is 2.02. The van der Waals surface area contributed by atoms with Crippen molar-refractivity contribution < 1.29 is 5.11 Å². The summed E-state index contributed by atoms with van der Waals surface area (Å²) in [4.78, 5) is 0. The lowest BCUT2D eigenvalue weighted by atomic mass is 9.87. The number of halogens is 1. The highest BCUT2D eigenvalue weighted by Crippen LogP contribution is 2.37. The first-order valence-corrected chi connectivity index (χ1v) is 7.35. The third kappa shape index (κ3) is 2.67. The van der Waals surface area contributed by atoms with Crippen molar-refractivity contribution in [2.75, 3.05) is 0 Å². The van der Waals surface area contributed by atoms with E-state index >= 15 is 0 Å². The van der Waals surface area contributed by atoms with Crippen molar-refractivity contribution in [3.8, 4) is 11.1 Å². The van der Waals surface area contributed by atoms with Crippen LogP contribution in [0.25, 0.3) is 21.9 Å². The third-order valence-corrected chi connectivity index (χ3v) is 3.96. The van der Waals surface area contributed by atoms with Gasteiger partial charge in [0.2, 0.25) is 0 Å². The van der Waals surface area contributed by atoms with Gasteiger partial charge in [0.1, 0.15) is 0 Å². The van der Waals surface area contributed by atoms with E-state index in [1.54, 1.807) is 13.8 Å². The van der Waals surface area contributed by atoms with Crippen molar-refractivity contribution in [2.24, 2.45) is 0 Å². The van der Waals surface area contributed by atoms with Crippen molar-refractivity contribution in [1.82, 2.24) is 0 Å². The maximum Gasteiger partial charge on any atom is 0.0847 e. The fourth-order valence-electron chi connectivity index (χ4n) is 2.72. The van der Waals surface area contributed by atoms with Gasteiger partial charge in [-0.05, 0) is 53.4 Å². The molecule has 3 aromatic carbocycles. The molecule has 0 radical (unpaired) electrons. The summed E-state index contributed by atoms with van der Waals surface area (Å²) < 4.78 is 0. The minimum absolute atomic E-state index is 0.635. The van der Waals surface area contributed by atoms with E-state index < -0.39 is 5.60 Å². The smallest absolute Gasteiger partial charge is 0.0847 e. The first-order chi connectivity index (χ1) is 9.97. The lowest BCUT2D eigenvalue weighted by Crippen LogP contribution is -2.16. The van der Waals surface area contributed by atoms with Crippen LogP contribution in [-0.2, 0) is 5.60 Å². The largest absolute Gasteiger partial charge is 0.386 e. The Morgan fingerprint density at radius 2 is 1.57 bits per heavy atom. The van der Waals surface area contributed by atoms with Crippen LogP contribution in [0.2, 0.25) is 5.02 Å². The number of benzene rings is 3. The molecule has 0 saturated carbocycles. The first kappa shape index (κ1) is 14.1. The fourth-order valence-corrected chi connectivity index (χ4v) is 2.89. The SMILES string of the molecule is CC(C)(O)c1cc(Cl)ccc1-c1cccc2ccccc12. The van der Waals surface area contributed by atoms with E-state index in [4.69, 9.17) is 11.6 Å². The van der Waals surface area contributed by atoms with E-state index in [9.17, 15) is 5.11 Å². The second-order valence-corrected chi connectivity index (χ2v) is 6.21. The number of rotatable bonds is 2. The molecule has 3 rings (SSSR count). The summed E-state index contributed by atoms with van der Waals surface area (Å²) in [7, 11) is 0. The van der Waals surface area contributed by atoms with E-state index in [1.807, 2.05) is 36.4 Å². The number of aliphatic hydroxyl groups is 1. The molecule has 21 heavy (non-hydrogen) atoms. The number of hydrogen-bond acceptors (Lipinski definition) is 1. The summed E-state index contributed by atoms with van der Waals surface area (Å²) in [6, 6.07) is 20.2. The van der Waals surface area contributed by atoms with E-state index in [1.165, 1.54) is 10.8 Å². The molecular weight excluding hydrogens is 280 g/mol. The predicted molar refractivity (Wildman–Crippen MR) is 89.6 cm³/mol. The molecule has 106 valence electrons. The van der Waals surface area contributed by atoms with Gasteiger partial charge in [-0.15, -0.1) is 0 Å². The van der Waals surface area contributed by atoms with Crippen LogP contribution in [0.15, 0.2) is 60.7 Å². The Bertz CT molecular complexity index is 795. The average Bonchev–Trinajstić information content (AvgIpc) is 2.46. The van der Waals surface area contributed by atoms with Gasteiger partial charge in [-0.1, -0.05) is 60.1 Å². The van der Waals surface area contributed by atoms with Crippen LogP contribution in [0.3, 0.4) is 0 Å². The Morgan fingerprint density at radius 1 is 0.857 bits per heavy atom. The maximum absolute atomic E-state index is 10.5. The summed E-state index contributed by atoms with van der Waals surface area (Å²) >= 11 is 6.12. The molecule has 0 amide bonds. The van der Waals surface area contributed by atoms with Crippen LogP contribution < -0.4 is 0 Å². The lowest BCUT2D eigenvalue weighted by molar-refractivity contribution is 0.0792. The van der Waals surface area contributed by atoms with Gasteiger partial charge in [-0.25, -0.2) is 0 Å². The quantitative estimate of drug-likeness (QED) is 0.672. The minimum Gasteiger partial charge on any atom is -0.386 e. The summed E-state index contributed by atoms with van der Waals surface area (Å²) in [6.45, 7) is 3.57. The van der Waals surface area contributed by atoms with Gasteiger partial charge in [-0.3, -0.25) is 0 Å². The predicted octanol–water partition coefficient (Wildman–Crippen LogP) is 5.39. The molecular formula is C19H17ClO. The van der Waals surface area contributed by atoms with Crippen molar-refractivity contribution in [3.05, 3.63) is 71.2 Å². The molecule has 0 aliphatic heterocycles. The van der Waals surface area contributed by atoms with Gasteiger partial charge >= 0.3 is 0 Å². The second-order valence-electron chi connectivity index (χ2n) is 5.78. The maximum atomic E-state index is 10.5. The van der Waals surface area contributed by atoms with Gasteiger partial charge in [0.15, 0.2) is 0 Å². The van der Waals surface area contributed by atoms with Gasteiger partial charge in [0.25, 0.3) is 0 Å². The van der Waals surface area contributed by atoms with Crippen molar-refractivity contribution >= 4 is 22.4 Å². The molecule has 0 aromatic heterocycles. The Hall–Kier alpha value is -1.83. The Morgan fingerprint density at radius 3 is 2.33 bits per heavy atom. The van der Waals surface area contributed by atoms with Gasteiger partial charge in [0.05, 0.1) is 5.60 Å². The zero-order valence-electron chi connectivity index (χ0n) is 12.1. The molecule has 0 spiro atoms. The van der Waals surface area contributed by atoms with Crippen LogP contribution in [0.5, 0.6) is 0 Å². The van der Waals surface area contributed by atoms with Crippen LogP contribution in [0, 0.1) is 0 Å². The van der Waals surface area contributed by atoms with Crippen molar-refractivity contribution in [1.29, 1.82) is 0 Å². The van der Waals surface area contributed by atoms with Crippen LogP contribution in [-0.4, -0.2) is 5.11 Å². The minimum atomic E-state index is -0.947. The lowest BCUT2D eigenvalue weighted by Gasteiger charge is -2.23. The zero-order chi connectivity index (χ0) is 15.0. The molecule has 1 nitrogen and oxygen atoms in total. The molecule has 2 heteroatoms. The van der Waals surface area contributed by atoms with Crippen LogP contribution in [0.1, 0.15) is 19.4 Å². The second kappa shape index (κ2) is 5.18. The molecule has 0 fully saturated rings. The molecule has 0 unspecified atom stereocenters. The highest BCUT2D eigenvalue weighted by atomic mass is 35.5. The molecule has 0 aliphatic rings. The standard InChI is InChI=1S/C19H17ClO/c1-19(2,21)18-12-14(20)10-11-17(18)16-9-5-7-13-6-3-4-8-15(13)16/h3-12,21H,1-2H3. The van der Waals surface area contributed by atoms with E-state index in [-0.39, 0.29) is 0 Å². The Kier molecular flexibility index (Phi) is 3.48. The topological polar surface area (TPSA) is 20.2 Å². The zero-order valence-corrected chi connectivity index (χ0v) is 12.9. The highest BCUT2D eigenvalue weighted by molar-refractivity contribution is 6.30. The molecule has 3 aromatic rings. The van der Waals surface area contributed by atoms with E-state index in [0.29, 0.717) is 5.02 Å². The first-order valence-electron chi connectivity index (χ1n) is 6.97. The van der Waals surface area contributed by atoms with Gasteiger partial charge < -0.3 is 5.11 Å². The Labute approximate surface area is 129 Å². The molecule has 0 atom stereocenters. The third-order valence-electron chi connectivity index (χ3n) is 3.72. The van der Waals surface area contributed by atoms with Gasteiger partial charge in [-0.2, -0.15) is 0 Å². The van der Waals surface area contributed by atoms with Crippen LogP contribution >= 0.6 is 11.6 Å². The van der Waals surface area contributed by atoms with Crippen molar-refractivity contribution in [2.45, 2.75) is 19.4 Å². The Balaban J connectivity index is 2.34. The molecule has 0 bridgehead atoms. The molecule has 0 aliphatic carbocycles. The fraction of sp³-hybridized carbons (Fsp3) is 0.158. The van der Waals surface area contributed by atoms with Crippen molar-refractivity contribution in [3.63, 3.8) is 0 Å². The van der Waals surface area contributed by atoms with E-state index in [0.717, 1.165) is 16.7 Å². The summed E-state index contributed by atoms with van der Waals surface area (Å²) in [5.74, 6) is 0. The summed E-state index contributed by atoms with van der Waals surface area (Å²) in [6.07, 6.45) is 0. The monoisotopic (exact) mass is 296 g/mol. The molecule has 0 saturated heterocycles. The highest BCUT2D eigenvalue weighted by Gasteiger charge is 2.21. The normalized spacial score (nSPS) is 11.8. The molecule has 0 heterocycles.